The maximum absolute atomic E-state index is 8.66. The van der Waals surface area contributed by atoms with Crippen molar-refractivity contribution in [2.24, 2.45) is 0 Å². The maximum atomic E-state index is 8.66. The van der Waals surface area contributed by atoms with Gasteiger partial charge in [-0.3, -0.25) is 0 Å². The predicted molar refractivity (Wildman–Crippen MR) is 34.6 cm³/mol. The minimum absolute atomic E-state index is 0. The Hall–Kier alpha value is 2.33. The van der Waals surface area contributed by atoms with Crippen molar-refractivity contribution in [3.8, 4) is 0 Å². The minimum Gasteiger partial charge on any atom is -0.790 e. The van der Waals surface area contributed by atoms with Crippen LogP contribution in [0, 0.1) is 0 Å². The number of hydrogen-bond acceptors (Lipinski definition) is 3. The van der Waals surface area contributed by atoms with E-state index in [4.69, 9.17) is 19.2 Å². The van der Waals surface area contributed by atoms with E-state index in [0.717, 1.165) is 0 Å². The summed E-state index contributed by atoms with van der Waals surface area (Å²) < 4.78 is 8.66. The first-order valence-corrected chi connectivity index (χ1v) is 7.44. The molecular formula is C3H11Na2O4PSi. The summed E-state index contributed by atoms with van der Waals surface area (Å²) in [5, 5.41) is 0. The number of rotatable bonds is 0. The topological polar surface area (TPSA) is 83.4 Å². The first kappa shape index (κ1) is 23.3. The Kier molecular flexibility index (Phi) is 26.1. The zero-order valence-corrected chi connectivity index (χ0v) is 13.7. The molecule has 0 heterocycles. The molecule has 0 fully saturated rings. The Morgan fingerprint density at radius 2 is 1.18 bits per heavy atom. The van der Waals surface area contributed by atoms with Crippen molar-refractivity contribution in [2.75, 3.05) is 0 Å². The Balaban J connectivity index is -0.0000000383. The molecule has 0 spiro atoms. The molecule has 0 radical (unpaired) electrons. The largest absolute Gasteiger partial charge is 1.00 e. The fourth-order valence-electron chi connectivity index (χ4n) is 0. The molecule has 0 unspecified atom stereocenters. The molecule has 11 heavy (non-hydrogen) atoms. The van der Waals surface area contributed by atoms with Crippen LogP contribution in [-0.4, -0.2) is 13.7 Å². The van der Waals surface area contributed by atoms with E-state index in [-0.39, 0.29) is 67.9 Å². The van der Waals surface area contributed by atoms with Gasteiger partial charge < -0.3 is 19.2 Å². The molecule has 0 aliphatic heterocycles. The predicted octanol–water partition coefficient (Wildman–Crippen LogP) is -7.08. The summed E-state index contributed by atoms with van der Waals surface area (Å²) in [5.74, 6) is 0. The maximum Gasteiger partial charge on any atom is 1.00 e. The van der Waals surface area contributed by atoms with E-state index in [9.17, 15) is 0 Å². The van der Waals surface area contributed by atoms with Crippen LogP contribution in [0.4, 0.5) is 0 Å². The van der Waals surface area contributed by atoms with E-state index >= 15 is 0 Å². The van der Waals surface area contributed by atoms with Gasteiger partial charge in [0, 0.05) is 8.80 Å². The second-order valence-electron chi connectivity index (χ2n) is 2.20. The fourth-order valence-corrected chi connectivity index (χ4v) is 0. The van der Waals surface area contributed by atoms with Crippen LogP contribution in [0.25, 0.3) is 0 Å². The zero-order chi connectivity index (χ0) is 8.08. The molecule has 0 aliphatic rings. The van der Waals surface area contributed by atoms with Gasteiger partial charge in [0.1, 0.15) is 0 Å². The van der Waals surface area contributed by atoms with E-state index in [0.29, 0.717) is 0 Å². The van der Waals surface area contributed by atoms with Crippen LogP contribution in [0.1, 0.15) is 0 Å². The van der Waals surface area contributed by atoms with Crippen molar-refractivity contribution in [3.63, 3.8) is 0 Å². The molecule has 0 amide bonds. The van der Waals surface area contributed by atoms with E-state index in [1.807, 2.05) is 0 Å². The summed E-state index contributed by atoms with van der Waals surface area (Å²) >= 11 is 0. The first-order chi connectivity index (χ1) is 3.73. The van der Waals surface area contributed by atoms with Gasteiger partial charge >= 0.3 is 59.1 Å². The van der Waals surface area contributed by atoms with Gasteiger partial charge in [0.2, 0.25) is 0 Å². The van der Waals surface area contributed by atoms with Gasteiger partial charge in [0.25, 0.3) is 0 Å². The fraction of sp³-hybridized carbons (Fsp3) is 1.00. The summed E-state index contributed by atoms with van der Waals surface area (Å²) in [6.07, 6.45) is 0. The first-order valence-electron chi connectivity index (χ1n) is 2.48. The molecule has 0 atom stereocenters. The summed E-state index contributed by atoms with van der Waals surface area (Å²) in [7, 11) is -5.28. The molecule has 58 valence electrons. The molecule has 0 rings (SSSR count). The van der Waals surface area contributed by atoms with Gasteiger partial charge in [-0.25, -0.2) is 0 Å². The van der Waals surface area contributed by atoms with Crippen molar-refractivity contribution in [1.29, 1.82) is 0 Å². The van der Waals surface area contributed by atoms with Crippen LogP contribution in [-0.2, 0) is 4.57 Å². The number of phosphoric acid groups is 1. The molecule has 0 aromatic rings. The van der Waals surface area contributed by atoms with Crippen LogP contribution < -0.4 is 68.9 Å². The second kappa shape index (κ2) is 12.3. The minimum atomic E-state index is -5.14. The molecule has 0 aromatic heterocycles. The molecular weight excluding hydrogens is 205 g/mol. The number of hydrogen-bond donors (Lipinski definition) is 1. The smallest absolute Gasteiger partial charge is 0.790 e. The van der Waals surface area contributed by atoms with Crippen molar-refractivity contribution in [2.45, 2.75) is 19.6 Å². The summed E-state index contributed by atoms with van der Waals surface area (Å²) in [6.45, 7) is 6.92. The van der Waals surface area contributed by atoms with Crippen molar-refractivity contribution >= 4 is 16.6 Å². The molecule has 0 saturated carbocycles. The standard InChI is InChI=1S/C3H10Si.2Na.H3O4P/c1-4(2)3;;;1-5(2,3)4/h4H,1-3H3;;;(H3,1,2,3,4)/q;2*+1;/p-2. The van der Waals surface area contributed by atoms with Crippen LogP contribution in [0.3, 0.4) is 0 Å². The molecule has 1 N–H and O–H groups in total. The van der Waals surface area contributed by atoms with Crippen molar-refractivity contribution in [3.05, 3.63) is 0 Å². The normalized spacial score (nSPS) is 8.64. The van der Waals surface area contributed by atoms with Gasteiger partial charge in [0.05, 0.1) is 7.82 Å². The Bertz CT molecular complexity index is 94.5. The third-order valence-corrected chi connectivity index (χ3v) is 0. The van der Waals surface area contributed by atoms with Crippen molar-refractivity contribution < 1.29 is 78.4 Å². The molecule has 0 saturated heterocycles. The Morgan fingerprint density at radius 3 is 1.18 bits per heavy atom. The van der Waals surface area contributed by atoms with E-state index in [1.54, 1.807) is 0 Å². The third kappa shape index (κ3) is 243. The van der Waals surface area contributed by atoms with Gasteiger partial charge in [-0.15, -0.1) is 0 Å². The summed E-state index contributed by atoms with van der Waals surface area (Å²) in [4.78, 5) is 24.3. The molecule has 0 aromatic carbocycles. The zero-order valence-electron chi connectivity index (χ0n) is 7.70. The second-order valence-corrected chi connectivity index (χ2v) is 6.60. The quantitative estimate of drug-likeness (QED) is 0.322. The summed E-state index contributed by atoms with van der Waals surface area (Å²) in [6, 6.07) is 0. The van der Waals surface area contributed by atoms with Gasteiger partial charge in [-0.05, 0) is 0 Å². The van der Waals surface area contributed by atoms with Crippen molar-refractivity contribution in [1.82, 2.24) is 0 Å². The Morgan fingerprint density at radius 1 is 1.18 bits per heavy atom. The van der Waals surface area contributed by atoms with E-state index < -0.39 is 7.82 Å². The Labute approximate surface area is 113 Å². The molecule has 8 heteroatoms. The molecule has 4 nitrogen and oxygen atoms in total. The average molecular weight is 216 g/mol. The third-order valence-electron chi connectivity index (χ3n) is 0. The van der Waals surface area contributed by atoms with E-state index in [1.165, 1.54) is 0 Å². The summed E-state index contributed by atoms with van der Waals surface area (Å²) in [5.41, 5.74) is 0. The average Bonchev–Trinajstić information content (AvgIpc) is 1.19. The molecule has 0 aliphatic carbocycles. The van der Waals surface area contributed by atoms with Crippen LogP contribution >= 0.6 is 7.82 Å². The van der Waals surface area contributed by atoms with Crippen LogP contribution in [0.5, 0.6) is 0 Å². The van der Waals surface area contributed by atoms with E-state index in [2.05, 4.69) is 19.6 Å². The van der Waals surface area contributed by atoms with Gasteiger partial charge in [-0.1, -0.05) is 19.6 Å². The van der Waals surface area contributed by atoms with Crippen LogP contribution in [0.2, 0.25) is 19.6 Å². The van der Waals surface area contributed by atoms with Gasteiger partial charge in [-0.2, -0.15) is 0 Å². The SMILES string of the molecule is C[SiH](C)C.O=P([O-])([O-])O.[Na+].[Na+]. The monoisotopic (exact) mass is 216 g/mol. The van der Waals surface area contributed by atoms with Gasteiger partial charge in [0.15, 0.2) is 0 Å². The molecule has 0 bridgehead atoms. The van der Waals surface area contributed by atoms with Crippen LogP contribution in [0.15, 0.2) is 0 Å².